The van der Waals surface area contributed by atoms with Crippen LogP contribution in [-0.4, -0.2) is 24.5 Å². The summed E-state index contributed by atoms with van der Waals surface area (Å²) >= 11 is 0. The highest BCUT2D eigenvalue weighted by Gasteiger charge is 2.13. The first kappa shape index (κ1) is 11.3. The van der Waals surface area contributed by atoms with Crippen LogP contribution in [-0.2, 0) is 0 Å². The summed E-state index contributed by atoms with van der Waals surface area (Å²) in [6.45, 7) is 0. The van der Waals surface area contributed by atoms with E-state index in [0.29, 0.717) is 6.07 Å². The van der Waals surface area contributed by atoms with E-state index in [-0.39, 0.29) is 11.4 Å². The van der Waals surface area contributed by atoms with Crippen molar-refractivity contribution in [3.63, 3.8) is 0 Å². The first-order valence-electron chi connectivity index (χ1n) is 5.27. The van der Waals surface area contributed by atoms with E-state index in [0.717, 1.165) is 10.7 Å². The van der Waals surface area contributed by atoms with Gasteiger partial charge in [-0.2, -0.15) is 5.10 Å². The summed E-state index contributed by atoms with van der Waals surface area (Å²) in [5.41, 5.74) is -0.407. The Balaban J connectivity index is 2.15. The van der Waals surface area contributed by atoms with Gasteiger partial charge in [-0.25, -0.2) is 23.1 Å². The number of halogens is 2. The normalized spacial score (nSPS) is 10.8. The largest absolute Gasteiger partial charge is 0.297 e. The highest BCUT2D eigenvalue weighted by atomic mass is 19.1. The molecule has 2 aromatic heterocycles. The number of aromatic nitrogens is 5. The van der Waals surface area contributed by atoms with Crippen LogP contribution in [0.2, 0.25) is 0 Å². The van der Waals surface area contributed by atoms with Crippen molar-refractivity contribution in [2.24, 2.45) is 0 Å². The van der Waals surface area contributed by atoms with E-state index in [1.54, 1.807) is 0 Å². The minimum atomic E-state index is -0.839. The van der Waals surface area contributed by atoms with E-state index in [1.807, 2.05) is 0 Å². The minimum absolute atomic E-state index is 0.0715. The van der Waals surface area contributed by atoms with Gasteiger partial charge in [0.1, 0.15) is 24.2 Å². The van der Waals surface area contributed by atoms with E-state index in [2.05, 4.69) is 15.2 Å². The van der Waals surface area contributed by atoms with Gasteiger partial charge in [-0.05, 0) is 12.1 Å². The van der Waals surface area contributed by atoms with Crippen LogP contribution in [0.1, 0.15) is 0 Å². The second-order valence-corrected chi connectivity index (χ2v) is 3.74. The zero-order valence-electron chi connectivity index (χ0n) is 9.42. The third kappa shape index (κ3) is 1.82. The number of hydrogen-bond donors (Lipinski definition) is 1. The van der Waals surface area contributed by atoms with Crippen molar-refractivity contribution >= 4 is 0 Å². The van der Waals surface area contributed by atoms with Crippen molar-refractivity contribution in [3.8, 4) is 11.4 Å². The molecule has 0 bridgehead atoms. The summed E-state index contributed by atoms with van der Waals surface area (Å²) in [4.78, 5) is 15.8. The van der Waals surface area contributed by atoms with E-state index in [4.69, 9.17) is 0 Å². The number of nitrogens with zero attached hydrogens (tertiary/aromatic N) is 4. The molecular weight excluding hydrogens is 256 g/mol. The summed E-state index contributed by atoms with van der Waals surface area (Å²) in [6.07, 6.45) is 3.98. The van der Waals surface area contributed by atoms with E-state index in [9.17, 15) is 13.6 Å². The molecule has 19 heavy (non-hydrogen) atoms. The number of benzene rings is 1. The molecule has 0 radical (unpaired) electrons. The molecule has 96 valence electrons. The molecule has 8 heteroatoms. The molecule has 0 amide bonds. The lowest BCUT2D eigenvalue weighted by atomic mass is 10.3. The van der Waals surface area contributed by atoms with Crippen LogP contribution in [0.25, 0.3) is 11.4 Å². The van der Waals surface area contributed by atoms with Gasteiger partial charge in [0.15, 0.2) is 11.5 Å². The molecule has 0 aliphatic rings. The maximum absolute atomic E-state index is 13.6. The van der Waals surface area contributed by atoms with Gasteiger partial charge in [0.25, 0.3) is 5.56 Å². The van der Waals surface area contributed by atoms with E-state index >= 15 is 0 Å². The monoisotopic (exact) mass is 263 g/mol. The molecule has 1 aromatic carbocycles. The topological polar surface area (TPSA) is 68.5 Å². The van der Waals surface area contributed by atoms with Gasteiger partial charge in [-0.1, -0.05) is 0 Å². The van der Waals surface area contributed by atoms with Gasteiger partial charge in [-0.15, -0.1) is 0 Å². The Bertz CT molecular complexity index is 775. The van der Waals surface area contributed by atoms with Crippen molar-refractivity contribution in [2.75, 3.05) is 0 Å². The lowest BCUT2D eigenvalue weighted by Gasteiger charge is -2.02. The second-order valence-electron chi connectivity index (χ2n) is 3.74. The SMILES string of the molecule is O=c1c(-n2cncn2)c[nH]n1-c1ccc(F)cc1F. The number of H-pyrrole nitrogens is 1. The maximum atomic E-state index is 13.6. The molecular formula is C11H7F2N5O. The predicted molar refractivity (Wildman–Crippen MR) is 61.2 cm³/mol. The quantitative estimate of drug-likeness (QED) is 0.750. The highest BCUT2D eigenvalue weighted by molar-refractivity contribution is 5.36. The van der Waals surface area contributed by atoms with Crippen molar-refractivity contribution in [1.29, 1.82) is 0 Å². The average Bonchev–Trinajstić information content (AvgIpc) is 2.99. The number of nitrogens with one attached hydrogen (secondary N) is 1. The zero-order valence-corrected chi connectivity index (χ0v) is 9.42. The molecule has 1 N–H and O–H groups in total. The van der Waals surface area contributed by atoms with Crippen molar-refractivity contribution in [1.82, 2.24) is 24.5 Å². The van der Waals surface area contributed by atoms with Crippen molar-refractivity contribution < 1.29 is 8.78 Å². The van der Waals surface area contributed by atoms with Crippen LogP contribution in [0.4, 0.5) is 8.78 Å². The molecule has 3 rings (SSSR count). The van der Waals surface area contributed by atoms with Gasteiger partial charge < -0.3 is 0 Å². The van der Waals surface area contributed by atoms with Crippen LogP contribution in [0.3, 0.4) is 0 Å². The Kier molecular flexibility index (Phi) is 2.48. The first-order chi connectivity index (χ1) is 9.16. The summed E-state index contributed by atoms with van der Waals surface area (Å²) < 4.78 is 28.7. The van der Waals surface area contributed by atoms with Gasteiger partial charge in [0.05, 0.1) is 6.20 Å². The summed E-state index contributed by atoms with van der Waals surface area (Å²) in [6, 6.07) is 2.95. The van der Waals surface area contributed by atoms with Crippen LogP contribution >= 0.6 is 0 Å². The first-order valence-corrected chi connectivity index (χ1v) is 5.27. The van der Waals surface area contributed by atoms with Crippen LogP contribution < -0.4 is 5.56 Å². The van der Waals surface area contributed by atoms with E-state index < -0.39 is 17.2 Å². The number of rotatable bonds is 2. The standard InChI is InChI=1S/C11H7F2N5O/c12-7-1-2-9(8(13)3-7)18-11(19)10(4-15-18)17-6-14-5-16-17/h1-6,15H. The number of aromatic amines is 1. The molecule has 0 spiro atoms. The zero-order chi connectivity index (χ0) is 13.4. The van der Waals surface area contributed by atoms with Gasteiger partial charge in [0.2, 0.25) is 0 Å². The average molecular weight is 263 g/mol. The Labute approximate surface area is 104 Å². The molecule has 0 aliphatic carbocycles. The lowest BCUT2D eigenvalue weighted by Crippen LogP contribution is -2.19. The molecule has 0 saturated heterocycles. The van der Waals surface area contributed by atoms with Crippen LogP contribution in [0, 0.1) is 11.6 Å². The molecule has 0 fully saturated rings. The molecule has 6 nitrogen and oxygen atoms in total. The van der Waals surface area contributed by atoms with Crippen molar-refractivity contribution in [2.45, 2.75) is 0 Å². The third-order valence-electron chi connectivity index (χ3n) is 2.57. The minimum Gasteiger partial charge on any atom is -0.296 e. The fourth-order valence-corrected chi connectivity index (χ4v) is 1.70. The summed E-state index contributed by atoms with van der Waals surface area (Å²) in [5.74, 6) is -1.55. The second kappa shape index (κ2) is 4.16. The molecule has 0 aliphatic heterocycles. The van der Waals surface area contributed by atoms with E-state index in [1.165, 1.54) is 29.6 Å². The Morgan fingerprint density at radius 3 is 2.74 bits per heavy atom. The van der Waals surface area contributed by atoms with Gasteiger partial charge in [0, 0.05) is 6.07 Å². The molecule has 3 aromatic rings. The smallest absolute Gasteiger partial charge is 0.296 e. The summed E-state index contributed by atoms with van der Waals surface area (Å²) in [7, 11) is 0. The molecule has 2 heterocycles. The molecule has 0 atom stereocenters. The van der Waals surface area contributed by atoms with Crippen molar-refractivity contribution in [3.05, 3.63) is 59.0 Å². The van der Waals surface area contributed by atoms with Gasteiger partial charge in [-0.3, -0.25) is 9.89 Å². The Morgan fingerprint density at radius 2 is 2.05 bits per heavy atom. The molecule has 0 saturated carbocycles. The molecule has 0 unspecified atom stereocenters. The maximum Gasteiger partial charge on any atom is 0.297 e. The summed E-state index contributed by atoms with van der Waals surface area (Å²) in [5, 5.41) is 6.40. The fourth-order valence-electron chi connectivity index (χ4n) is 1.70. The fraction of sp³-hybridized carbons (Fsp3) is 0. The van der Waals surface area contributed by atoms with Crippen LogP contribution in [0.15, 0.2) is 41.8 Å². The third-order valence-corrected chi connectivity index (χ3v) is 2.57. The van der Waals surface area contributed by atoms with Gasteiger partial charge >= 0.3 is 0 Å². The van der Waals surface area contributed by atoms with Crippen LogP contribution in [0.5, 0.6) is 0 Å². The lowest BCUT2D eigenvalue weighted by molar-refractivity contribution is 0.572. The predicted octanol–water partition coefficient (Wildman–Crippen LogP) is 1.02. The number of hydrogen-bond acceptors (Lipinski definition) is 3. The highest BCUT2D eigenvalue weighted by Crippen LogP contribution is 2.12. The Hall–Kier alpha value is -2.77. The Morgan fingerprint density at radius 1 is 1.21 bits per heavy atom.